The van der Waals surface area contributed by atoms with Gasteiger partial charge in [0, 0.05) is 31.7 Å². The molecule has 1 heterocycles. The van der Waals surface area contributed by atoms with Crippen molar-refractivity contribution in [1.82, 2.24) is 5.32 Å². The molecule has 0 bridgehead atoms. The van der Waals surface area contributed by atoms with Crippen LogP contribution in [0.3, 0.4) is 0 Å². The minimum atomic E-state index is -0.934. The number of rotatable bonds is 6. The van der Waals surface area contributed by atoms with Crippen LogP contribution in [0.25, 0.3) is 0 Å². The smallest absolute Gasteiger partial charge is 0.303 e. The number of carboxylic acid groups (broad SMARTS) is 1. The average Bonchev–Trinajstić information content (AvgIpc) is 2.92. The molecule has 0 aliphatic carbocycles. The number of hydrogen-bond donors (Lipinski definition) is 2. The van der Waals surface area contributed by atoms with Gasteiger partial charge in [-0.25, -0.2) is 0 Å². The maximum absolute atomic E-state index is 11.5. The van der Waals surface area contributed by atoms with Crippen LogP contribution in [0, 0.1) is 12.8 Å². The minimum Gasteiger partial charge on any atom is -0.481 e. The number of hydrogen-bond acceptors (Lipinski definition) is 3. The monoisotopic (exact) mass is 290 g/mol. The first-order valence-electron chi connectivity index (χ1n) is 7.34. The molecular formula is C16H22N2O3. The summed E-state index contributed by atoms with van der Waals surface area (Å²) >= 11 is 0. The molecule has 2 N–H and O–H groups in total. The molecule has 1 aliphatic heterocycles. The van der Waals surface area contributed by atoms with Gasteiger partial charge in [-0.15, -0.1) is 0 Å². The fraction of sp³-hybridized carbons (Fsp3) is 0.500. The highest BCUT2D eigenvalue weighted by Crippen LogP contribution is 2.24. The maximum Gasteiger partial charge on any atom is 0.303 e. The van der Waals surface area contributed by atoms with Gasteiger partial charge in [0.15, 0.2) is 0 Å². The van der Waals surface area contributed by atoms with E-state index in [1.54, 1.807) is 0 Å². The van der Waals surface area contributed by atoms with Crippen LogP contribution >= 0.6 is 0 Å². The predicted molar refractivity (Wildman–Crippen MR) is 81.4 cm³/mol. The van der Waals surface area contributed by atoms with Crippen molar-refractivity contribution in [3.05, 3.63) is 29.8 Å². The zero-order valence-corrected chi connectivity index (χ0v) is 12.3. The van der Waals surface area contributed by atoms with Gasteiger partial charge in [-0.3, -0.25) is 9.59 Å². The van der Waals surface area contributed by atoms with Gasteiger partial charge in [-0.05, 0) is 37.0 Å². The Labute approximate surface area is 125 Å². The first-order valence-corrected chi connectivity index (χ1v) is 7.34. The van der Waals surface area contributed by atoms with Crippen LogP contribution in [0.2, 0.25) is 0 Å². The lowest BCUT2D eigenvalue weighted by molar-refractivity contribution is -0.138. The first-order chi connectivity index (χ1) is 10.0. The zero-order valence-electron chi connectivity index (χ0n) is 12.3. The third-order valence-corrected chi connectivity index (χ3v) is 3.81. The molecule has 1 fully saturated rings. The quantitative estimate of drug-likeness (QED) is 0.838. The van der Waals surface area contributed by atoms with Crippen molar-refractivity contribution in [3.8, 4) is 0 Å². The van der Waals surface area contributed by atoms with Crippen molar-refractivity contribution < 1.29 is 14.7 Å². The second kappa shape index (κ2) is 7.11. The molecule has 1 amide bonds. The van der Waals surface area contributed by atoms with Crippen molar-refractivity contribution in [2.75, 3.05) is 24.5 Å². The van der Waals surface area contributed by atoms with Crippen LogP contribution in [0.15, 0.2) is 24.3 Å². The summed E-state index contributed by atoms with van der Waals surface area (Å²) in [5.74, 6) is -0.678. The molecule has 5 heteroatoms. The number of nitrogens with zero attached hydrogens (tertiary/aromatic N) is 1. The van der Waals surface area contributed by atoms with E-state index in [2.05, 4.69) is 41.4 Å². The van der Waals surface area contributed by atoms with Gasteiger partial charge in [0.2, 0.25) is 5.91 Å². The van der Waals surface area contributed by atoms with E-state index >= 15 is 0 Å². The van der Waals surface area contributed by atoms with Gasteiger partial charge in [0.05, 0.1) is 6.42 Å². The van der Waals surface area contributed by atoms with Crippen molar-refractivity contribution in [2.45, 2.75) is 26.2 Å². The third-order valence-electron chi connectivity index (χ3n) is 3.81. The molecule has 1 aromatic rings. The highest BCUT2D eigenvalue weighted by Gasteiger charge is 2.23. The van der Waals surface area contributed by atoms with E-state index in [1.165, 1.54) is 11.3 Å². The van der Waals surface area contributed by atoms with E-state index < -0.39 is 5.97 Å². The lowest BCUT2D eigenvalue weighted by Gasteiger charge is -2.19. The Bertz CT molecular complexity index is 516. The topological polar surface area (TPSA) is 69.6 Å². The molecule has 0 spiro atoms. The van der Waals surface area contributed by atoms with Gasteiger partial charge >= 0.3 is 5.97 Å². The SMILES string of the molecule is Cc1cccc(N2CC[C@H](CNC(=O)CCC(=O)O)C2)c1. The number of aryl methyl sites for hydroxylation is 1. The molecular weight excluding hydrogens is 268 g/mol. The normalized spacial score (nSPS) is 17.8. The number of benzene rings is 1. The summed E-state index contributed by atoms with van der Waals surface area (Å²) in [6.45, 7) is 4.64. The van der Waals surface area contributed by atoms with E-state index in [-0.39, 0.29) is 18.7 Å². The molecule has 1 aromatic carbocycles. The van der Waals surface area contributed by atoms with E-state index in [4.69, 9.17) is 5.11 Å². The fourth-order valence-corrected chi connectivity index (χ4v) is 2.63. The van der Waals surface area contributed by atoms with E-state index in [9.17, 15) is 9.59 Å². The van der Waals surface area contributed by atoms with Crippen LogP contribution in [0.5, 0.6) is 0 Å². The Morgan fingerprint density at radius 3 is 2.90 bits per heavy atom. The van der Waals surface area contributed by atoms with Gasteiger partial charge < -0.3 is 15.3 Å². The third kappa shape index (κ3) is 4.77. The first kappa shape index (κ1) is 15.4. The Hall–Kier alpha value is -2.04. The Morgan fingerprint density at radius 2 is 2.19 bits per heavy atom. The van der Waals surface area contributed by atoms with Gasteiger partial charge in [0.1, 0.15) is 0 Å². The van der Waals surface area contributed by atoms with E-state index in [0.717, 1.165) is 19.5 Å². The lowest BCUT2D eigenvalue weighted by Crippen LogP contribution is -2.31. The molecule has 0 unspecified atom stereocenters. The minimum absolute atomic E-state index is 0.0592. The number of anilines is 1. The number of carbonyl (C=O) groups is 2. The lowest BCUT2D eigenvalue weighted by atomic mass is 10.1. The number of nitrogens with one attached hydrogen (secondary N) is 1. The largest absolute Gasteiger partial charge is 0.481 e. The van der Waals surface area contributed by atoms with Crippen molar-refractivity contribution in [3.63, 3.8) is 0 Å². The molecule has 114 valence electrons. The zero-order chi connectivity index (χ0) is 15.2. The average molecular weight is 290 g/mol. The Balaban J connectivity index is 1.75. The highest BCUT2D eigenvalue weighted by molar-refractivity contribution is 5.80. The summed E-state index contributed by atoms with van der Waals surface area (Å²) in [5.41, 5.74) is 2.48. The van der Waals surface area contributed by atoms with Crippen LogP contribution in [0.1, 0.15) is 24.8 Å². The Morgan fingerprint density at radius 1 is 1.38 bits per heavy atom. The van der Waals surface area contributed by atoms with Crippen LogP contribution in [-0.2, 0) is 9.59 Å². The predicted octanol–water partition coefficient (Wildman–Crippen LogP) is 1.80. The molecule has 1 aliphatic rings. The fourth-order valence-electron chi connectivity index (χ4n) is 2.63. The molecule has 0 saturated carbocycles. The molecule has 0 aromatic heterocycles. The number of amides is 1. The van der Waals surface area contributed by atoms with Crippen LogP contribution < -0.4 is 10.2 Å². The maximum atomic E-state index is 11.5. The second-order valence-corrected chi connectivity index (χ2v) is 5.64. The molecule has 5 nitrogen and oxygen atoms in total. The summed E-state index contributed by atoms with van der Waals surface area (Å²) in [6, 6.07) is 8.43. The standard InChI is InChI=1S/C16H22N2O3/c1-12-3-2-4-14(9-12)18-8-7-13(11-18)10-17-15(19)5-6-16(20)21/h2-4,9,13H,5-8,10-11H2,1H3,(H,17,19)(H,20,21)/t13-/m1/s1. The van der Waals surface area contributed by atoms with Gasteiger partial charge in [0.25, 0.3) is 0 Å². The number of aliphatic carboxylic acids is 1. The summed E-state index contributed by atoms with van der Waals surface area (Å²) in [4.78, 5) is 24.3. The van der Waals surface area contributed by atoms with Crippen molar-refractivity contribution >= 4 is 17.6 Å². The van der Waals surface area contributed by atoms with Crippen LogP contribution in [-0.4, -0.2) is 36.6 Å². The summed E-state index contributed by atoms with van der Waals surface area (Å²) in [5, 5.41) is 11.4. The summed E-state index contributed by atoms with van der Waals surface area (Å²) in [6.07, 6.45) is 1.00. The number of carboxylic acids is 1. The second-order valence-electron chi connectivity index (χ2n) is 5.64. The molecule has 1 atom stereocenters. The molecule has 0 radical (unpaired) electrons. The van der Waals surface area contributed by atoms with Gasteiger partial charge in [-0.1, -0.05) is 12.1 Å². The summed E-state index contributed by atoms with van der Waals surface area (Å²) < 4.78 is 0. The van der Waals surface area contributed by atoms with Crippen LogP contribution in [0.4, 0.5) is 5.69 Å². The Kier molecular flexibility index (Phi) is 5.20. The van der Waals surface area contributed by atoms with E-state index in [0.29, 0.717) is 12.5 Å². The highest BCUT2D eigenvalue weighted by atomic mass is 16.4. The molecule has 21 heavy (non-hydrogen) atoms. The molecule has 2 rings (SSSR count). The van der Waals surface area contributed by atoms with E-state index in [1.807, 2.05) is 0 Å². The van der Waals surface area contributed by atoms with Gasteiger partial charge in [-0.2, -0.15) is 0 Å². The molecule has 1 saturated heterocycles. The number of carbonyl (C=O) groups excluding carboxylic acids is 1. The van der Waals surface area contributed by atoms with Crippen molar-refractivity contribution in [1.29, 1.82) is 0 Å². The summed E-state index contributed by atoms with van der Waals surface area (Å²) in [7, 11) is 0. The van der Waals surface area contributed by atoms with Crippen molar-refractivity contribution in [2.24, 2.45) is 5.92 Å².